The van der Waals surface area contributed by atoms with Crippen LogP contribution < -0.4 is 9.47 Å². The summed E-state index contributed by atoms with van der Waals surface area (Å²) in [6.07, 6.45) is 1.09. The molecule has 0 saturated heterocycles. The Balaban J connectivity index is 2.27. The summed E-state index contributed by atoms with van der Waals surface area (Å²) in [5.74, 6) is -0.495. The Bertz CT molecular complexity index is 931. The van der Waals surface area contributed by atoms with E-state index in [2.05, 4.69) is 34.8 Å². The summed E-state index contributed by atoms with van der Waals surface area (Å²) in [5.41, 5.74) is 2.60. The van der Waals surface area contributed by atoms with Gasteiger partial charge in [-0.05, 0) is 36.5 Å². The maximum absolute atomic E-state index is 13.2. The Morgan fingerprint density at radius 3 is 2.34 bits per heavy atom. The van der Waals surface area contributed by atoms with E-state index in [0.717, 1.165) is 15.7 Å². The number of carbonyl (C=O) groups excluding carboxylic acids is 2. The molecule has 0 spiro atoms. The van der Waals surface area contributed by atoms with Crippen LogP contribution in [0.4, 0.5) is 0 Å². The Morgan fingerprint density at radius 1 is 1.14 bits per heavy atom. The summed E-state index contributed by atoms with van der Waals surface area (Å²) >= 11 is 3.60. The van der Waals surface area contributed by atoms with Crippen LogP contribution in [0, 0.1) is 11.3 Å². The second kappa shape index (κ2) is 7.94. The molecule has 6 nitrogen and oxygen atoms in total. The molecule has 0 fully saturated rings. The molecule has 1 aromatic rings. The van der Waals surface area contributed by atoms with Gasteiger partial charge in [0.1, 0.15) is 5.92 Å². The monoisotopic (exact) mass is 463 g/mol. The van der Waals surface area contributed by atoms with E-state index in [1.807, 2.05) is 13.0 Å². The number of halogens is 1. The fourth-order valence-electron chi connectivity index (χ4n) is 4.32. The second-order valence-electron chi connectivity index (χ2n) is 8.26. The molecule has 1 unspecified atom stereocenters. The minimum Gasteiger partial charge on any atom is -0.493 e. The molecule has 2 aliphatic rings. The molecule has 1 aliphatic heterocycles. The van der Waals surface area contributed by atoms with Gasteiger partial charge in [0, 0.05) is 33.8 Å². The van der Waals surface area contributed by atoms with Gasteiger partial charge in [-0.25, -0.2) is 0 Å². The molecule has 3 rings (SSSR count). The average molecular weight is 464 g/mol. The molecular weight excluding hydrogens is 438 g/mol. The van der Waals surface area contributed by atoms with Crippen molar-refractivity contribution in [3.63, 3.8) is 0 Å². The number of Topliss-reactive ketones (excluding diaryl/α,β-unsaturated/α-hetero) is 1. The molecule has 1 aliphatic carbocycles. The lowest BCUT2D eigenvalue weighted by molar-refractivity contribution is -0.143. The zero-order chi connectivity index (χ0) is 21.5. The van der Waals surface area contributed by atoms with Crippen molar-refractivity contribution in [2.45, 2.75) is 39.5 Å². The van der Waals surface area contributed by atoms with Crippen LogP contribution in [-0.2, 0) is 14.3 Å². The molecule has 7 heteroatoms. The molecule has 0 radical (unpaired) electrons. The molecule has 0 saturated carbocycles. The molecule has 29 heavy (non-hydrogen) atoms. The molecule has 0 bridgehead atoms. The van der Waals surface area contributed by atoms with Crippen LogP contribution in [0.25, 0.3) is 0 Å². The smallest absolute Gasteiger partial charge is 0.315 e. The zero-order valence-electron chi connectivity index (χ0n) is 17.6. The zero-order valence-corrected chi connectivity index (χ0v) is 19.2. The Morgan fingerprint density at radius 2 is 1.76 bits per heavy atom. The SMILES string of the molecule is COC(=O)C1C(C)=NC2=C(C(=O)CC(C)(C)C2)[C@H]1c1cc(OC)c(OC)cc1Br. The van der Waals surface area contributed by atoms with E-state index in [1.165, 1.54) is 7.11 Å². The van der Waals surface area contributed by atoms with Gasteiger partial charge in [0.05, 0.1) is 21.3 Å². The van der Waals surface area contributed by atoms with Gasteiger partial charge in [0.15, 0.2) is 17.3 Å². The molecule has 0 amide bonds. The van der Waals surface area contributed by atoms with Gasteiger partial charge < -0.3 is 14.2 Å². The molecular formula is C22H26BrNO5. The number of ketones is 1. The number of aliphatic imine (C=N–C) groups is 1. The van der Waals surface area contributed by atoms with Crippen LogP contribution in [0.1, 0.15) is 45.1 Å². The summed E-state index contributed by atoms with van der Waals surface area (Å²) in [6.45, 7) is 5.94. The molecule has 2 atom stereocenters. The number of ether oxygens (including phenoxy) is 3. The van der Waals surface area contributed by atoms with Gasteiger partial charge in [0.2, 0.25) is 0 Å². The van der Waals surface area contributed by atoms with Crippen LogP contribution in [0.15, 0.2) is 32.9 Å². The number of nitrogens with zero attached hydrogens (tertiary/aromatic N) is 1. The number of allylic oxidation sites excluding steroid dienone is 2. The highest BCUT2D eigenvalue weighted by Gasteiger charge is 2.46. The molecule has 0 aromatic heterocycles. The predicted molar refractivity (Wildman–Crippen MR) is 114 cm³/mol. The Hall–Kier alpha value is -2.15. The van der Waals surface area contributed by atoms with Crippen molar-refractivity contribution in [2.75, 3.05) is 21.3 Å². The predicted octanol–water partition coefficient (Wildman–Crippen LogP) is 4.46. The lowest BCUT2D eigenvalue weighted by Crippen LogP contribution is -2.39. The van der Waals surface area contributed by atoms with Crippen molar-refractivity contribution in [1.29, 1.82) is 0 Å². The van der Waals surface area contributed by atoms with E-state index in [9.17, 15) is 9.59 Å². The molecule has 1 aromatic carbocycles. The minimum atomic E-state index is -0.682. The quantitative estimate of drug-likeness (QED) is 0.616. The van der Waals surface area contributed by atoms with Crippen LogP contribution >= 0.6 is 15.9 Å². The summed E-state index contributed by atoms with van der Waals surface area (Å²) in [7, 11) is 4.47. The third-order valence-corrected chi connectivity index (χ3v) is 6.28. The second-order valence-corrected chi connectivity index (χ2v) is 9.12. The summed E-state index contributed by atoms with van der Waals surface area (Å²) in [4.78, 5) is 30.7. The van der Waals surface area contributed by atoms with Crippen molar-refractivity contribution in [1.82, 2.24) is 0 Å². The van der Waals surface area contributed by atoms with E-state index in [0.29, 0.717) is 35.6 Å². The average Bonchev–Trinajstić information content (AvgIpc) is 2.65. The highest BCUT2D eigenvalue weighted by atomic mass is 79.9. The fourth-order valence-corrected chi connectivity index (χ4v) is 4.89. The normalized spacial score (nSPS) is 23.3. The largest absolute Gasteiger partial charge is 0.493 e. The third-order valence-electron chi connectivity index (χ3n) is 5.60. The van der Waals surface area contributed by atoms with Crippen molar-refractivity contribution in [2.24, 2.45) is 16.3 Å². The first-order valence-corrected chi connectivity index (χ1v) is 10.2. The number of rotatable bonds is 4. The first-order chi connectivity index (χ1) is 13.6. The first-order valence-electron chi connectivity index (χ1n) is 9.44. The van der Waals surface area contributed by atoms with Crippen molar-refractivity contribution < 1.29 is 23.8 Å². The maximum Gasteiger partial charge on any atom is 0.315 e. The van der Waals surface area contributed by atoms with Crippen LogP contribution in [0.2, 0.25) is 0 Å². The van der Waals surface area contributed by atoms with Gasteiger partial charge >= 0.3 is 5.97 Å². The van der Waals surface area contributed by atoms with Crippen molar-refractivity contribution in [3.8, 4) is 11.5 Å². The van der Waals surface area contributed by atoms with E-state index < -0.39 is 17.8 Å². The van der Waals surface area contributed by atoms with Crippen LogP contribution in [0.3, 0.4) is 0 Å². The van der Waals surface area contributed by atoms with Crippen LogP contribution in [-0.4, -0.2) is 38.8 Å². The molecule has 0 N–H and O–H groups in total. The van der Waals surface area contributed by atoms with E-state index in [4.69, 9.17) is 14.2 Å². The van der Waals surface area contributed by atoms with Gasteiger partial charge in [-0.2, -0.15) is 0 Å². The van der Waals surface area contributed by atoms with Gasteiger partial charge in [-0.15, -0.1) is 0 Å². The third kappa shape index (κ3) is 3.84. The first kappa shape index (κ1) is 21.6. The summed E-state index contributed by atoms with van der Waals surface area (Å²) in [6, 6.07) is 3.61. The van der Waals surface area contributed by atoms with Gasteiger partial charge in [-0.3, -0.25) is 14.6 Å². The van der Waals surface area contributed by atoms with Crippen LogP contribution in [0.5, 0.6) is 11.5 Å². The van der Waals surface area contributed by atoms with Crippen molar-refractivity contribution >= 4 is 33.4 Å². The highest BCUT2D eigenvalue weighted by Crippen LogP contribution is 2.50. The summed E-state index contributed by atoms with van der Waals surface area (Å²) < 4.78 is 16.7. The van der Waals surface area contributed by atoms with E-state index >= 15 is 0 Å². The van der Waals surface area contributed by atoms with Gasteiger partial charge in [0.25, 0.3) is 0 Å². The number of hydrogen-bond donors (Lipinski definition) is 0. The Kier molecular flexibility index (Phi) is 5.90. The van der Waals surface area contributed by atoms with Crippen molar-refractivity contribution in [3.05, 3.63) is 33.4 Å². The van der Waals surface area contributed by atoms with Gasteiger partial charge in [-0.1, -0.05) is 29.8 Å². The molecule has 1 heterocycles. The van der Waals surface area contributed by atoms with E-state index in [-0.39, 0.29) is 11.2 Å². The number of carbonyl (C=O) groups is 2. The number of benzene rings is 1. The standard InChI is InChI=1S/C22H26BrNO5/c1-11-18(21(26)29-6)19(12-7-16(27-4)17(28-5)8-13(12)23)20-14(24-11)9-22(2,3)10-15(20)25/h7-8,18-19H,9-10H2,1-6H3/t18?,19-/m0/s1. The van der Waals surface area contributed by atoms with E-state index in [1.54, 1.807) is 20.3 Å². The number of methoxy groups -OCH3 is 3. The topological polar surface area (TPSA) is 74.2 Å². The number of esters is 1. The maximum atomic E-state index is 13.2. The fraction of sp³-hybridized carbons (Fsp3) is 0.500. The highest BCUT2D eigenvalue weighted by molar-refractivity contribution is 9.10. The number of hydrogen-bond acceptors (Lipinski definition) is 6. The minimum absolute atomic E-state index is 0.0214. The lowest BCUT2D eigenvalue weighted by atomic mass is 9.67. The summed E-state index contributed by atoms with van der Waals surface area (Å²) in [5, 5.41) is 0. The lowest BCUT2D eigenvalue weighted by Gasteiger charge is -2.39. The molecule has 156 valence electrons. The Labute approximate surface area is 179 Å².